The number of imidazole rings is 2. The van der Waals surface area contributed by atoms with Crippen molar-refractivity contribution in [2.24, 2.45) is 5.92 Å². The summed E-state index contributed by atoms with van der Waals surface area (Å²) in [5.74, 6) is 1.74. The smallest absolute Gasteiger partial charge is 0.407 e. The van der Waals surface area contributed by atoms with Crippen LogP contribution in [-0.2, 0) is 9.53 Å². The van der Waals surface area contributed by atoms with Crippen molar-refractivity contribution >= 4 is 12.0 Å². The van der Waals surface area contributed by atoms with Crippen molar-refractivity contribution < 1.29 is 14.3 Å². The second-order valence-corrected chi connectivity index (χ2v) is 10.3. The van der Waals surface area contributed by atoms with Gasteiger partial charge < -0.3 is 24.9 Å². The molecule has 0 spiro atoms. The van der Waals surface area contributed by atoms with Crippen LogP contribution in [-0.4, -0.2) is 63.1 Å². The van der Waals surface area contributed by atoms with E-state index in [4.69, 9.17) is 4.74 Å². The lowest BCUT2D eigenvalue weighted by Crippen LogP contribution is -2.50. The maximum atomic E-state index is 13.1. The first kappa shape index (κ1) is 26.2. The summed E-state index contributed by atoms with van der Waals surface area (Å²) in [5, 5.41) is 2.67. The molecule has 1 saturated heterocycles. The Morgan fingerprint density at radius 2 is 1.67 bits per heavy atom. The highest BCUT2D eigenvalue weighted by Crippen LogP contribution is 2.30. The van der Waals surface area contributed by atoms with E-state index in [0.29, 0.717) is 13.1 Å². The number of carbonyl (C=O) groups is 2. The third-order valence-corrected chi connectivity index (χ3v) is 7.30. The standard InChI is InChI=1S/C30H34N6O3/c1-18(2)27(35-30(38)39-4)29(37)36-14-13-24(17-36)26-16-32-28(34-26)23-11-7-21(8-12-23)20-5-9-22(10-6-20)25-15-31-19(3)33-25/h5-12,15-16,18,24,27H,13-14,17H2,1-4H3,(H,31,33)(H,32,34)(H,35,38)/t24-,27-/m0/s1. The van der Waals surface area contributed by atoms with Crippen molar-refractivity contribution in [3.05, 3.63) is 72.4 Å². The fourth-order valence-corrected chi connectivity index (χ4v) is 5.02. The van der Waals surface area contributed by atoms with Gasteiger partial charge >= 0.3 is 6.09 Å². The summed E-state index contributed by atoms with van der Waals surface area (Å²) in [4.78, 5) is 42.3. The Labute approximate surface area is 228 Å². The number of rotatable bonds is 7. The van der Waals surface area contributed by atoms with Crippen LogP contribution >= 0.6 is 0 Å². The minimum atomic E-state index is -0.613. The van der Waals surface area contributed by atoms with Gasteiger partial charge in [-0.1, -0.05) is 62.4 Å². The minimum absolute atomic E-state index is 0.0456. The van der Waals surface area contributed by atoms with E-state index in [0.717, 1.165) is 51.7 Å². The number of ether oxygens (including phenoxy) is 1. The first-order chi connectivity index (χ1) is 18.8. The van der Waals surface area contributed by atoms with Crippen molar-refractivity contribution in [2.45, 2.75) is 39.2 Å². The summed E-state index contributed by atoms with van der Waals surface area (Å²) in [6.45, 7) is 6.99. The molecule has 1 aliphatic heterocycles. The highest BCUT2D eigenvalue weighted by atomic mass is 16.5. The topological polar surface area (TPSA) is 116 Å². The predicted molar refractivity (Wildman–Crippen MR) is 150 cm³/mol. The van der Waals surface area contributed by atoms with E-state index in [9.17, 15) is 9.59 Å². The van der Waals surface area contributed by atoms with E-state index in [1.807, 2.05) is 38.1 Å². The van der Waals surface area contributed by atoms with Gasteiger partial charge in [-0.2, -0.15) is 0 Å². The molecule has 3 heterocycles. The van der Waals surface area contributed by atoms with Crippen LogP contribution in [0.2, 0.25) is 0 Å². The van der Waals surface area contributed by atoms with Crippen LogP contribution in [0.15, 0.2) is 60.9 Å². The van der Waals surface area contributed by atoms with Crippen LogP contribution in [0.4, 0.5) is 4.79 Å². The van der Waals surface area contributed by atoms with Crippen molar-refractivity contribution in [1.29, 1.82) is 0 Å². The maximum Gasteiger partial charge on any atom is 0.407 e. The molecule has 0 saturated carbocycles. The number of methoxy groups -OCH3 is 1. The van der Waals surface area contributed by atoms with Crippen molar-refractivity contribution in [3.8, 4) is 33.8 Å². The van der Waals surface area contributed by atoms with Gasteiger partial charge in [-0.05, 0) is 30.4 Å². The Morgan fingerprint density at radius 3 is 2.26 bits per heavy atom. The Kier molecular flexibility index (Phi) is 7.49. The number of hydrogen-bond acceptors (Lipinski definition) is 5. The number of nitrogens with zero attached hydrogens (tertiary/aromatic N) is 3. The van der Waals surface area contributed by atoms with Crippen LogP contribution in [0.1, 0.15) is 37.7 Å². The number of hydrogen-bond donors (Lipinski definition) is 3. The second-order valence-electron chi connectivity index (χ2n) is 10.3. The Morgan fingerprint density at radius 1 is 1.03 bits per heavy atom. The van der Waals surface area contributed by atoms with Crippen LogP contribution < -0.4 is 5.32 Å². The number of aryl methyl sites for hydroxylation is 1. The van der Waals surface area contributed by atoms with E-state index in [-0.39, 0.29) is 17.7 Å². The van der Waals surface area contributed by atoms with E-state index < -0.39 is 12.1 Å². The van der Waals surface area contributed by atoms with Gasteiger partial charge in [0.25, 0.3) is 0 Å². The number of nitrogens with one attached hydrogen (secondary N) is 3. The molecule has 1 aliphatic rings. The summed E-state index contributed by atoms with van der Waals surface area (Å²) in [6, 6.07) is 16.1. The minimum Gasteiger partial charge on any atom is -0.453 e. The van der Waals surface area contributed by atoms with Gasteiger partial charge in [0.1, 0.15) is 17.7 Å². The average molecular weight is 527 g/mol. The molecule has 0 radical (unpaired) electrons. The fourth-order valence-electron chi connectivity index (χ4n) is 5.02. The van der Waals surface area contributed by atoms with Crippen molar-refractivity contribution in [1.82, 2.24) is 30.2 Å². The third-order valence-electron chi connectivity index (χ3n) is 7.30. The molecular weight excluding hydrogens is 492 g/mol. The number of amides is 2. The number of likely N-dealkylation sites (tertiary alicyclic amines) is 1. The van der Waals surface area contributed by atoms with Gasteiger partial charge in [0.15, 0.2) is 0 Å². The monoisotopic (exact) mass is 526 g/mol. The molecule has 2 amide bonds. The summed E-state index contributed by atoms with van der Waals surface area (Å²) in [5.41, 5.74) is 6.29. The highest BCUT2D eigenvalue weighted by Gasteiger charge is 2.34. The summed E-state index contributed by atoms with van der Waals surface area (Å²) in [6.07, 6.45) is 4.03. The first-order valence-electron chi connectivity index (χ1n) is 13.2. The van der Waals surface area contributed by atoms with Gasteiger partial charge in [-0.3, -0.25) is 4.79 Å². The van der Waals surface area contributed by atoms with Crippen molar-refractivity contribution in [2.75, 3.05) is 20.2 Å². The van der Waals surface area contributed by atoms with Crippen LogP contribution in [0.3, 0.4) is 0 Å². The molecule has 0 bridgehead atoms. The molecular formula is C30H34N6O3. The van der Waals surface area contributed by atoms with E-state index in [2.05, 4.69) is 73.8 Å². The number of aromatic nitrogens is 4. The molecule has 2 atom stereocenters. The average Bonchev–Trinajstić information content (AvgIpc) is 3.72. The van der Waals surface area contributed by atoms with Crippen LogP contribution in [0, 0.1) is 12.8 Å². The van der Waals surface area contributed by atoms with E-state index in [1.165, 1.54) is 7.11 Å². The number of alkyl carbamates (subject to hydrolysis) is 1. The van der Waals surface area contributed by atoms with E-state index in [1.54, 1.807) is 0 Å². The number of benzene rings is 2. The number of aromatic amines is 2. The number of H-pyrrole nitrogens is 2. The number of carbonyl (C=O) groups excluding carboxylic acids is 2. The molecule has 39 heavy (non-hydrogen) atoms. The zero-order valence-corrected chi connectivity index (χ0v) is 22.7. The lowest BCUT2D eigenvalue weighted by molar-refractivity contribution is -0.133. The lowest BCUT2D eigenvalue weighted by atomic mass is 10.0. The Bertz CT molecular complexity index is 1440. The van der Waals surface area contributed by atoms with Gasteiger partial charge in [0.05, 0.1) is 12.8 Å². The highest BCUT2D eigenvalue weighted by molar-refractivity contribution is 5.86. The molecule has 0 aliphatic carbocycles. The van der Waals surface area contributed by atoms with Gasteiger partial charge in [0, 0.05) is 48.2 Å². The fraction of sp³-hybridized carbons (Fsp3) is 0.333. The van der Waals surface area contributed by atoms with E-state index >= 15 is 0 Å². The quantitative estimate of drug-likeness (QED) is 0.308. The molecule has 4 aromatic rings. The summed E-state index contributed by atoms with van der Waals surface area (Å²) >= 11 is 0. The first-order valence-corrected chi connectivity index (χ1v) is 13.2. The molecule has 1 fully saturated rings. The Balaban J connectivity index is 1.23. The molecule has 0 unspecified atom stereocenters. The predicted octanol–water partition coefficient (Wildman–Crippen LogP) is 5.14. The molecule has 5 rings (SSSR count). The Hall–Kier alpha value is -4.40. The molecule has 2 aromatic heterocycles. The third kappa shape index (κ3) is 5.72. The van der Waals surface area contributed by atoms with Crippen LogP contribution in [0.25, 0.3) is 33.8 Å². The normalized spacial score (nSPS) is 15.9. The SMILES string of the molecule is COC(=O)N[C@H](C(=O)N1CC[C@H](c2cnc(-c3ccc(-c4ccc(-c5c[nH]c(C)n5)cc4)cc3)[nH]2)C1)C(C)C. The summed E-state index contributed by atoms with van der Waals surface area (Å²) in [7, 11) is 1.30. The van der Waals surface area contributed by atoms with Gasteiger partial charge in [-0.15, -0.1) is 0 Å². The molecule has 9 heteroatoms. The zero-order valence-electron chi connectivity index (χ0n) is 22.7. The van der Waals surface area contributed by atoms with Crippen LogP contribution in [0.5, 0.6) is 0 Å². The lowest BCUT2D eigenvalue weighted by Gasteiger charge is -2.26. The van der Waals surface area contributed by atoms with Gasteiger partial charge in [0.2, 0.25) is 5.91 Å². The molecule has 9 nitrogen and oxygen atoms in total. The zero-order chi connectivity index (χ0) is 27.5. The van der Waals surface area contributed by atoms with Gasteiger partial charge in [-0.25, -0.2) is 14.8 Å². The molecule has 2 aromatic carbocycles. The molecule has 202 valence electrons. The largest absolute Gasteiger partial charge is 0.453 e. The summed E-state index contributed by atoms with van der Waals surface area (Å²) < 4.78 is 4.70. The second kappa shape index (κ2) is 11.1. The molecule has 3 N–H and O–H groups in total. The maximum absolute atomic E-state index is 13.1. The van der Waals surface area contributed by atoms with Crippen molar-refractivity contribution in [3.63, 3.8) is 0 Å².